The first-order valence-corrected chi connectivity index (χ1v) is 35.7. The molecular formula is C69H143N5O5. The van der Waals surface area contributed by atoms with Gasteiger partial charge in [-0.1, -0.05) is 285 Å². The monoisotopic (exact) mass is 1120 g/mol. The lowest BCUT2D eigenvalue weighted by atomic mass is 10.0. The number of rotatable bonds is 63. The summed E-state index contributed by atoms with van der Waals surface area (Å²) in [6.07, 6.45) is 52.8. The van der Waals surface area contributed by atoms with E-state index >= 15 is 0 Å². The zero-order valence-electron chi connectivity index (χ0n) is 54.1. The summed E-state index contributed by atoms with van der Waals surface area (Å²) in [5, 5.41) is 57.3. The molecule has 1 aliphatic heterocycles. The Kier molecular flexibility index (Phi) is 56.3. The SMILES string of the molecule is CCCCCCCCCCC(O)CN(CCN1CCN(CCN(CCN(CC(O)CCCCCCCCCC)CC(O)CCCCCCCCCC)C(O)CCCCCCCCCC)CC1)CC(O)CCCCCCCCCC. The Morgan fingerprint density at radius 1 is 0.266 bits per heavy atom. The predicted molar refractivity (Wildman–Crippen MR) is 344 cm³/mol. The van der Waals surface area contributed by atoms with Crippen LogP contribution in [0.1, 0.15) is 324 Å². The first-order valence-electron chi connectivity index (χ1n) is 35.7. The van der Waals surface area contributed by atoms with E-state index in [1.165, 1.54) is 225 Å². The van der Waals surface area contributed by atoms with Gasteiger partial charge in [-0.25, -0.2) is 0 Å². The van der Waals surface area contributed by atoms with Crippen molar-refractivity contribution in [1.29, 1.82) is 0 Å². The Morgan fingerprint density at radius 3 is 0.772 bits per heavy atom. The topological polar surface area (TPSA) is 117 Å². The Bertz CT molecular complexity index is 1140. The van der Waals surface area contributed by atoms with Crippen molar-refractivity contribution in [2.24, 2.45) is 0 Å². The van der Waals surface area contributed by atoms with Crippen LogP contribution in [0.3, 0.4) is 0 Å². The van der Waals surface area contributed by atoms with Crippen molar-refractivity contribution in [3.05, 3.63) is 0 Å². The molecule has 10 heteroatoms. The van der Waals surface area contributed by atoms with Crippen LogP contribution in [-0.2, 0) is 0 Å². The van der Waals surface area contributed by atoms with Gasteiger partial charge < -0.3 is 25.5 Å². The van der Waals surface area contributed by atoms with Gasteiger partial charge in [0, 0.05) is 91.6 Å². The lowest BCUT2D eigenvalue weighted by Crippen LogP contribution is -2.52. The van der Waals surface area contributed by atoms with Crippen molar-refractivity contribution in [2.75, 3.05) is 91.6 Å². The first kappa shape index (κ1) is 76.6. The molecule has 5 atom stereocenters. The number of hydrogen-bond donors (Lipinski definition) is 5. The van der Waals surface area contributed by atoms with Gasteiger partial charge in [-0.15, -0.1) is 0 Å². The summed E-state index contributed by atoms with van der Waals surface area (Å²) in [4.78, 5) is 12.2. The third kappa shape index (κ3) is 49.6. The molecule has 1 fully saturated rings. The van der Waals surface area contributed by atoms with E-state index in [9.17, 15) is 25.5 Å². The molecule has 0 aromatic heterocycles. The summed E-state index contributed by atoms with van der Waals surface area (Å²) in [5.41, 5.74) is 0. The number of piperazine rings is 1. The van der Waals surface area contributed by atoms with Crippen molar-refractivity contribution >= 4 is 0 Å². The fourth-order valence-corrected chi connectivity index (χ4v) is 12.2. The number of aliphatic hydroxyl groups is 5. The molecule has 79 heavy (non-hydrogen) atoms. The van der Waals surface area contributed by atoms with E-state index in [2.05, 4.69) is 59.1 Å². The van der Waals surface area contributed by atoms with Crippen LogP contribution in [0.4, 0.5) is 0 Å². The minimum Gasteiger partial charge on any atom is -0.392 e. The molecule has 0 radical (unpaired) electrons. The molecular weight excluding hydrogens is 979 g/mol. The van der Waals surface area contributed by atoms with Gasteiger partial charge >= 0.3 is 0 Å². The van der Waals surface area contributed by atoms with E-state index in [1.54, 1.807) is 0 Å². The zero-order chi connectivity index (χ0) is 57.5. The van der Waals surface area contributed by atoms with Gasteiger partial charge in [-0.3, -0.25) is 24.5 Å². The summed E-state index contributed by atoms with van der Waals surface area (Å²) in [6.45, 7) is 22.9. The maximum Gasteiger partial charge on any atom is 0.107 e. The molecule has 10 nitrogen and oxygen atoms in total. The summed E-state index contributed by atoms with van der Waals surface area (Å²) in [6, 6.07) is 0. The third-order valence-corrected chi connectivity index (χ3v) is 17.8. The highest BCUT2D eigenvalue weighted by Gasteiger charge is 2.24. The standard InChI is InChI=1S/C69H143N5O5/c1-6-11-16-21-26-31-36-41-46-65(75)61-72(62-66(76)47-42-37-32-27-22-17-12-7-2)56-55-70-51-53-71(54-52-70)57-59-74(69(79)50-45-40-35-30-25-20-15-10-5)60-58-73(63-67(77)48-43-38-33-28-23-18-13-8-3)64-68(78)49-44-39-34-29-24-19-14-9-4/h65-69,75-79H,6-64H2,1-5H3. The highest BCUT2D eigenvalue weighted by molar-refractivity contribution is 4.79. The van der Waals surface area contributed by atoms with Crippen LogP contribution in [0, 0.1) is 0 Å². The van der Waals surface area contributed by atoms with Crippen LogP contribution in [0.25, 0.3) is 0 Å². The van der Waals surface area contributed by atoms with E-state index in [4.69, 9.17) is 0 Å². The summed E-state index contributed by atoms with van der Waals surface area (Å²) in [5.74, 6) is 0. The van der Waals surface area contributed by atoms with Gasteiger partial charge in [0.05, 0.1) is 24.4 Å². The van der Waals surface area contributed by atoms with Crippen LogP contribution < -0.4 is 0 Å². The Balaban J connectivity index is 2.93. The van der Waals surface area contributed by atoms with E-state index in [0.717, 1.165) is 130 Å². The zero-order valence-corrected chi connectivity index (χ0v) is 54.1. The van der Waals surface area contributed by atoms with Crippen LogP contribution >= 0.6 is 0 Å². The maximum atomic E-state index is 11.9. The Hall–Kier alpha value is -0.400. The summed E-state index contributed by atoms with van der Waals surface area (Å²) in [7, 11) is 0. The number of aliphatic hydroxyl groups excluding tert-OH is 5. The smallest absolute Gasteiger partial charge is 0.107 e. The van der Waals surface area contributed by atoms with Gasteiger partial charge in [0.25, 0.3) is 0 Å². The van der Waals surface area contributed by atoms with Crippen molar-refractivity contribution in [3.63, 3.8) is 0 Å². The quantitative estimate of drug-likeness (QED) is 0.0298. The summed E-state index contributed by atoms with van der Waals surface area (Å²) < 4.78 is 0. The van der Waals surface area contributed by atoms with E-state index in [1.807, 2.05) is 0 Å². The van der Waals surface area contributed by atoms with Gasteiger partial charge in [-0.05, 0) is 38.5 Å². The highest BCUT2D eigenvalue weighted by Crippen LogP contribution is 2.19. The van der Waals surface area contributed by atoms with E-state index in [0.29, 0.717) is 26.2 Å². The maximum absolute atomic E-state index is 11.9. The second kappa shape index (κ2) is 58.0. The molecule has 0 bridgehead atoms. The van der Waals surface area contributed by atoms with E-state index < -0.39 is 18.4 Å². The largest absolute Gasteiger partial charge is 0.392 e. The lowest BCUT2D eigenvalue weighted by molar-refractivity contribution is -0.0215. The number of unbranched alkanes of at least 4 members (excludes halogenated alkanes) is 35. The Morgan fingerprint density at radius 2 is 0.494 bits per heavy atom. The number of nitrogens with zero attached hydrogens (tertiary/aromatic N) is 5. The van der Waals surface area contributed by atoms with Crippen LogP contribution in [0.2, 0.25) is 0 Å². The van der Waals surface area contributed by atoms with Crippen LogP contribution in [-0.4, -0.2) is 172 Å². The molecule has 0 amide bonds. The minimum atomic E-state index is -0.490. The normalized spacial score (nSPS) is 15.8. The average molecular weight is 1120 g/mol. The van der Waals surface area contributed by atoms with Crippen LogP contribution in [0.5, 0.6) is 0 Å². The average Bonchev–Trinajstić information content (AvgIpc) is 3.44. The van der Waals surface area contributed by atoms with Crippen molar-refractivity contribution < 1.29 is 25.5 Å². The van der Waals surface area contributed by atoms with E-state index in [-0.39, 0.29) is 12.2 Å². The van der Waals surface area contributed by atoms with Gasteiger partial charge in [0.1, 0.15) is 6.23 Å². The van der Waals surface area contributed by atoms with Crippen molar-refractivity contribution in [2.45, 2.75) is 354 Å². The molecule has 0 saturated carbocycles. The minimum absolute atomic E-state index is 0.345. The third-order valence-electron chi connectivity index (χ3n) is 17.8. The predicted octanol–water partition coefficient (Wildman–Crippen LogP) is 15.9. The molecule has 0 aromatic carbocycles. The molecule has 5 N–H and O–H groups in total. The number of hydrogen-bond acceptors (Lipinski definition) is 10. The molecule has 1 aliphatic rings. The van der Waals surface area contributed by atoms with Gasteiger partial charge in [0.15, 0.2) is 0 Å². The molecule has 0 spiro atoms. The fourth-order valence-electron chi connectivity index (χ4n) is 12.2. The van der Waals surface area contributed by atoms with Crippen molar-refractivity contribution in [1.82, 2.24) is 24.5 Å². The molecule has 5 unspecified atom stereocenters. The molecule has 1 saturated heterocycles. The Labute approximate surface area is 493 Å². The second-order valence-corrected chi connectivity index (χ2v) is 25.7. The highest BCUT2D eigenvalue weighted by atomic mass is 16.3. The molecule has 0 aliphatic carbocycles. The van der Waals surface area contributed by atoms with Crippen LogP contribution in [0.15, 0.2) is 0 Å². The molecule has 474 valence electrons. The lowest BCUT2D eigenvalue weighted by Gasteiger charge is -2.38. The molecule has 1 rings (SSSR count). The molecule has 0 aromatic rings. The summed E-state index contributed by atoms with van der Waals surface area (Å²) >= 11 is 0. The fraction of sp³-hybridized carbons (Fsp3) is 1.00. The van der Waals surface area contributed by atoms with Gasteiger partial charge in [-0.2, -0.15) is 0 Å². The second-order valence-electron chi connectivity index (χ2n) is 25.7. The first-order chi connectivity index (χ1) is 38.6. The molecule has 1 heterocycles. The van der Waals surface area contributed by atoms with Crippen molar-refractivity contribution in [3.8, 4) is 0 Å². The van der Waals surface area contributed by atoms with Gasteiger partial charge in [0.2, 0.25) is 0 Å².